The second-order valence-electron chi connectivity index (χ2n) is 5.61. The zero-order valence-corrected chi connectivity index (χ0v) is 12.6. The maximum absolute atomic E-state index is 5.43. The number of nitrogens with one attached hydrogen (secondary N) is 1. The molecule has 19 heavy (non-hydrogen) atoms. The molecule has 0 aliphatic carbocycles. The Hall–Kier alpha value is -1.06. The van der Waals surface area contributed by atoms with Crippen LogP contribution in [0.15, 0.2) is 18.2 Å². The SMILES string of the molecule is CCc1cc(C2(C)CNCCCN2C)ccc1OC. The van der Waals surface area contributed by atoms with E-state index >= 15 is 0 Å². The van der Waals surface area contributed by atoms with E-state index in [2.05, 4.69) is 49.3 Å². The highest BCUT2D eigenvalue weighted by molar-refractivity contribution is 5.40. The number of rotatable bonds is 3. The van der Waals surface area contributed by atoms with Crippen LogP contribution in [0, 0.1) is 0 Å². The van der Waals surface area contributed by atoms with Crippen molar-refractivity contribution in [2.45, 2.75) is 32.2 Å². The van der Waals surface area contributed by atoms with E-state index in [0.717, 1.165) is 31.8 Å². The zero-order valence-electron chi connectivity index (χ0n) is 12.6. The summed E-state index contributed by atoms with van der Waals surface area (Å²) in [6.07, 6.45) is 2.22. The second-order valence-corrected chi connectivity index (χ2v) is 5.61. The number of ether oxygens (including phenoxy) is 1. The van der Waals surface area contributed by atoms with Crippen LogP contribution < -0.4 is 10.1 Å². The summed E-state index contributed by atoms with van der Waals surface area (Å²) in [6.45, 7) is 7.75. The van der Waals surface area contributed by atoms with Crippen molar-refractivity contribution in [3.63, 3.8) is 0 Å². The number of aryl methyl sites for hydroxylation is 1. The van der Waals surface area contributed by atoms with Crippen LogP contribution in [0.4, 0.5) is 0 Å². The minimum absolute atomic E-state index is 0.0622. The molecular weight excluding hydrogens is 236 g/mol. The summed E-state index contributed by atoms with van der Waals surface area (Å²) in [5.74, 6) is 0.999. The third-order valence-corrected chi connectivity index (χ3v) is 4.44. The van der Waals surface area contributed by atoms with E-state index in [9.17, 15) is 0 Å². The predicted molar refractivity (Wildman–Crippen MR) is 79.8 cm³/mol. The number of methoxy groups -OCH3 is 1. The standard InChI is InChI=1S/C16H26N2O/c1-5-13-11-14(7-8-15(13)19-4)16(2)12-17-9-6-10-18(16)3/h7-8,11,17H,5-6,9-10,12H2,1-4H3. The molecule has 1 saturated heterocycles. The van der Waals surface area contributed by atoms with Crippen molar-refractivity contribution in [3.8, 4) is 5.75 Å². The summed E-state index contributed by atoms with van der Waals surface area (Å²) < 4.78 is 5.43. The van der Waals surface area contributed by atoms with Gasteiger partial charge < -0.3 is 10.1 Å². The van der Waals surface area contributed by atoms with Crippen molar-refractivity contribution in [3.05, 3.63) is 29.3 Å². The Labute approximate surface area is 116 Å². The molecule has 0 aromatic heterocycles. The van der Waals surface area contributed by atoms with Gasteiger partial charge in [-0.1, -0.05) is 19.1 Å². The first-order valence-corrected chi connectivity index (χ1v) is 7.21. The lowest BCUT2D eigenvalue weighted by molar-refractivity contribution is 0.151. The van der Waals surface area contributed by atoms with Gasteiger partial charge in [0.15, 0.2) is 0 Å². The summed E-state index contributed by atoms with van der Waals surface area (Å²) in [4.78, 5) is 2.47. The number of benzene rings is 1. The molecule has 1 fully saturated rings. The van der Waals surface area contributed by atoms with Crippen molar-refractivity contribution in [1.82, 2.24) is 10.2 Å². The molecule has 0 radical (unpaired) electrons. The first kappa shape index (κ1) is 14.4. The van der Waals surface area contributed by atoms with E-state index in [1.54, 1.807) is 7.11 Å². The van der Waals surface area contributed by atoms with Gasteiger partial charge in [0.1, 0.15) is 5.75 Å². The van der Waals surface area contributed by atoms with Crippen molar-refractivity contribution in [2.24, 2.45) is 0 Å². The smallest absolute Gasteiger partial charge is 0.122 e. The quantitative estimate of drug-likeness (QED) is 0.905. The summed E-state index contributed by atoms with van der Waals surface area (Å²) in [7, 11) is 3.97. The molecule has 2 rings (SSSR count). The average Bonchev–Trinajstić information content (AvgIpc) is 2.61. The Bertz CT molecular complexity index is 433. The lowest BCUT2D eigenvalue weighted by Gasteiger charge is -2.38. The molecule has 1 aromatic rings. The molecule has 1 aliphatic rings. The van der Waals surface area contributed by atoms with Crippen LogP contribution in [-0.4, -0.2) is 38.7 Å². The fourth-order valence-electron chi connectivity index (χ4n) is 2.87. The molecule has 1 N–H and O–H groups in total. The van der Waals surface area contributed by atoms with E-state index in [-0.39, 0.29) is 5.54 Å². The third-order valence-electron chi connectivity index (χ3n) is 4.44. The molecule has 1 aromatic carbocycles. The molecule has 3 heteroatoms. The van der Waals surface area contributed by atoms with Crippen molar-refractivity contribution < 1.29 is 4.74 Å². The van der Waals surface area contributed by atoms with E-state index < -0.39 is 0 Å². The van der Waals surface area contributed by atoms with Gasteiger partial charge in [-0.25, -0.2) is 0 Å². The van der Waals surface area contributed by atoms with E-state index in [1.165, 1.54) is 17.5 Å². The Balaban J connectivity index is 2.38. The Morgan fingerprint density at radius 3 is 2.89 bits per heavy atom. The van der Waals surface area contributed by atoms with Crippen molar-refractivity contribution in [2.75, 3.05) is 33.8 Å². The Kier molecular flexibility index (Phi) is 4.48. The monoisotopic (exact) mass is 262 g/mol. The number of nitrogens with zero attached hydrogens (tertiary/aromatic N) is 1. The minimum atomic E-state index is 0.0622. The summed E-state index contributed by atoms with van der Waals surface area (Å²) in [6, 6.07) is 6.63. The molecule has 3 nitrogen and oxygen atoms in total. The largest absolute Gasteiger partial charge is 0.496 e. The summed E-state index contributed by atoms with van der Waals surface area (Å²) in [5.41, 5.74) is 2.73. The van der Waals surface area contributed by atoms with Crippen LogP contribution in [0.1, 0.15) is 31.4 Å². The van der Waals surface area contributed by atoms with Crippen LogP contribution in [0.2, 0.25) is 0 Å². The number of hydrogen-bond acceptors (Lipinski definition) is 3. The molecule has 1 unspecified atom stereocenters. The molecule has 1 aliphatic heterocycles. The van der Waals surface area contributed by atoms with E-state index in [0.29, 0.717) is 0 Å². The highest BCUT2D eigenvalue weighted by atomic mass is 16.5. The summed E-state index contributed by atoms with van der Waals surface area (Å²) >= 11 is 0. The second kappa shape index (κ2) is 5.93. The Morgan fingerprint density at radius 1 is 1.42 bits per heavy atom. The first-order valence-electron chi connectivity index (χ1n) is 7.21. The molecule has 0 saturated carbocycles. The van der Waals surface area contributed by atoms with Gasteiger partial charge in [0, 0.05) is 6.54 Å². The van der Waals surface area contributed by atoms with Gasteiger partial charge in [-0.2, -0.15) is 0 Å². The van der Waals surface area contributed by atoms with Gasteiger partial charge in [-0.3, -0.25) is 4.90 Å². The Morgan fingerprint density at radius 2 is 2.21 bits per heavy atom. The topological polar surface area (TPSA) is 24.5 Å². The predicted octanol–water partition coefficient (Wildman–Crippen LogP) is 2.40. The number of likely N-dealkylation sites (N-methyl/N-ethyl adjacent to an activating group) is 1. The highest BCUT2D eigenvalue weighted by Crippen LogP contribution is 2.31. The van der Waals surface area contributed by atoms with Gasteiger partial charge in [0.05, 0.1) is 12.6 Å². The third kappa shape index (κ3) is 2.77. The van der Waals surface area contributed by atoms with Crippen LogP contribution in [0.3, 0.4) is 0 Å². The van der Waals surface area contributed by atoms with Crippen molar-refractivity contribution >= 4 is 0 Å². The molecule has 0 spiro atoms. The lowest BCUT2D eigenvalue weighted by Crippen LogP contribution is -2.46. The molecular formula is C16H26N2O. The average molecular weight is 262 g/mol. The lowest BCUT2D eigenvalue weighted by atomic mass is 9.88. The van der Waals surface area contributed by atoms with Crippen LogP contribution >= 0.6 is 0 Å². The van der Waals surface area contributed by atoms with Gasteiger partial charge in [-0.05, 0) is 57.1 Å². The fraction of sp³-hybridized carbons (Fsp3) is 0.625. The normalized spacial score (nSPS) is 25.1. The van der Waals surface area contributed by atoms with Crippen molar-refractivity contribution in [1.29, 1.82) is 0 Å². The maximum atomic E-state index is 5.43. The van der Waals surface area contributed by atoms with E-state index in [4.69, 9.17) is 4.74 Å². The minimum Gasteiger partial charge on any atom is -0.496 e. The van der Waals surface area contributed by atoms with Gasteiger partial charge in [0.25, 0.3) is 0 Å². The molecule has 0 amide bonds. The van der Waals surface area contributed by atoms with Crippen LogP contribution in [0.5, 0.6) is 5.75 Å². The summed E-state index contributed by atoms with van der Waals surface area (Å²) in [5, 5.41) is 3.56. The van der Waals surface area contributed by atoms with E-state index in [1.807, 2.05) is 0 Å². The van der Waals surface area contributed by atoms with Gasteiger partial charge in [0.2, 0.25) is 0 Å². The van der Waals surface area contributed by atoms with Gasteiger partial charge in [-0.15, -0.1) is 0 Å². The highest BCUT2D eigenvalue weighted by Gasteiger charge is 2.32. The fourth-order valence-corrected chi connectivity index (χ4v) is 2.87. The molecule has 1 heterocycles. The number of hydrogen-bond donors (Lipinski definition) is 1. The van der Waals surface area contributed by atoms with Gasteiger partial charge >= 0.3 is 0 Å². The van der Waals surface area contributed by atoms with Crippen LogP contribution in [-0.2, 0) is 12.0 Å². The molecule has 1 atom stereocenters. The molecule has 0 bridgehead atoms. The van der Waals surface area contributed by atoms with Crippen LogP contribution in [0.25, 0.3) is 0 Å². The zero-order chi connectivity index (χ0) is 13.9. The maximum Gasteiger partial charge on any atom is 0.122 e. The first-order chi connectivity index (χ1) is 9.11. The molecule has 106 valence electrons.